The summed E-state index contributed by atoms with van der Waals surface area (Å²) in [4.78, 5) is 27.2. The molecule has 2 aromatic rings. The predicted molar refractivity (Wildman–Crippen MR) is 117 cm³/mol. The highest BCUT2D eigenvalue weighted by molar-refractivity contribution is 5.95. The van der Waals surface area contributed by atoms with Crippen molar-refractivity contribution < 1.29 is 9.53 Å². The highest BCUT2D eigenvalue weighted by atomic mass is 16.5. The van der Waals surface area contributed by atoms with E-state index in [-0.39, 0.29) is 11.5 Å². The summed E-state index contributed by atoms with van der Waals surface area (Å²) in [7, 11) is 0. The number of allylic oxidation sites excluding steroid dienone is 3. The predicted octanol–water partition coefficient (Wildman–Crippen LogP) is 3.91. The van der Waals surface area contributed by atoms with Crippen LogP contribution in [0.25, 0.3) is 17.2 Å². The van der Waals surface area contributed by atoms with Crippen LogP contribution in [0.4, 0.5) is 0 Å². The molecule has 0 spiro atoms. The summed E-state index contributed by atoms with van der Waals surface area (Å²) < 4.78 is 7.05. The van der Waals surface area contributed by atoms with E-state index in [4.69, 9.17) is 4.74 Å². The molecule has 3 rings (SSSR count). The van der Waals surface area contributed by atoms with Crippen molar-refractivity contribution in [1.29, 1.82) is 0 Å². The normalized spacial score (nSPS) is 14.8. The molecule has 29 heavy (non-hydrogen) atoms. The van der Waals surface area contributed by atoms with Gasteiger partial charge in [-0.15, -0.1) is 0 Å². The standard InChI is InChI=1S/C24H28N2O3/c1-4-6-12-26-17-22(21(7-5-2)18(3)23(26)27)19-8-10-20(11-9-19)24(28)25-13-15-29-16-14-25/h4-11,17H,12-16H2,1-3H3/b6-4+,7-5-. The van der Waals surface area contributed by atoms with E-state index in [1.807, 2.05) is 80.4 Å². The van der Waals surface area contributed by atoms with Crippen molar-refractivity contribution in [2.24, 2.45) is 0 Å². The van der Waals surface area contributed by atoms with Crippen molar-refractivity contribution in [2.75, 3.05) is 26.3 Å². The lowest BCUT2D eigenvalue weighted by molar-refractivity contribution is 0.0303. The third-order valence-corrected chi connectivity index (χ3v) is 5.17. The van der Waals surface area contributed by atoms with E-state index < -0.39 is 0 Å². The van der Waals surface area contributed by atoms with Gasteiger partial charge in [0.25, 0.3) is 11.5 Å². The summed E-state index contributed by atoms with van der Waals surface area (Å²) in [5.74, 6) is 0.0303. The first-order valence-corrected chi connectivity index (χ1v) is 10.0. The third kappa shape index (κ3) is 4.57. The van der Waals surface area contributed by atoms with Crippen molar-refractivity contribution in [3.8, 4) is 11.1 Å². The molecule has 1 aromatic carbocycles. The number of hydrogen-bond donors (Lipinski definition) is 0. The van der Waals surface area contributed by atoms with Gasteiger partial charge in [-0.05, 0) is 44.0 Å². The molecule has 1 aromatic heterocycles. The Morgan fingerprint density at radius 1 is 1.10 bits per heavy atom. The smallest absolute Gasteiger partial charge is 0.254 e. The molecule has 1 saturated heterocycles. The number of carbonyl (C=O) groups is 1. The maximum Gasteiger partial charge on any atom is 0.254 e. The first kappa shape index (κ1) is 20.8. The number of morpholine rings is 1. The first-order valence-electron chi connectivity index (χ1n) is 10.0. The van der Waals surface area contributed by atoms with Crippen LogP contribution in [-0.4, -0.2) is 41.7 Å². The zero-order chi connectivity index (χ0) is 20.8. The van der Waals surface area contributed by atoms with Gasteiger partial charge in [-0.2, -0.15) is 0 Å². The number of amides is 1. The number of rotatable bonds is 5. The van der Waals surface area contributed by atoms with Gasteiger partial charge < -0.3 is 14.2 Å². The summed E-state index contributed by atoms with van der Waals surface area (Å²) in [6.45, 7) is 8.71. The summed E-state index contributed by atoms with van der Waals surface area (Å²) in [6, 6.07) is 7.65. The maximum atomic E-state index is 12.7. The fraction of sp³-hybridized carbons (Fsp3) is 0.333. The van der Waals surface area contributed by atoms with Crippen molar-refractivity contribution >= 4 is 12.0 Å². The average Bonchev–Trinajstić information content (AvgIpc) is 2.77. The van der Waals surface area contributed by atoms with Crippen LogP contribution < -0.4 is 5.56 Å². The summed E-state index contributed by atoms with van der Waals surface area (Å²) in [6.07, 6.45) is 9.72. The SMILES string of the molecule is C/C=C\c1c(-c2ccc(C(=O)N3CCOCC3)cc2)cn(C/C=C/C)c(=O)c1C. The minimum absolute atomic E-state index is 0.0130. The number of carbonyl (C=O) groups excluding carboxylic acids is 1. The molecule has 0 radical (unpaired) electrons. The highest BCUT2D eigenvalue weighted by Gasteiger charge is 2.19. The van der Waals surface area contributed by atoms with Crippen LogP contribution in [0.3, 0.4) is 0 Å². The monoisotopic (exact) mass is 392 g/mol. The van der Waals surface area contributed by atoms with Gasteiger partial charge >= 0.3 is 0 Å². The maximum absolute atomic E-state index is 12.7. The molecule has 0 aliphatic carbocycles. The van der Waals surface area contributed by atoms with Crippen LogP contribution in [0.15, 0.2) is 53.5 Å². The Morgan fingerprint density at radius 3 is 2.41 bits per heavy atom. The summed E-state index contributed by atoms with van der Waals surface area (Å²) >= 11 is 0. The molecule has 0 atom stereocenters. The number of benzene rings is 1. The average molecular weight is 392 g/mol. The van der Waals surface area contributed by atoms with Gasteiger partial charge in [-0.1, -0.05) is 36.4 Å². The minimum Gasteiger partial charge on any atom is -0.378 e. The number of nitrogens with zero attached hydrogens (tertiary/aromatic N) is 2. The molecular formula is C24H28N2O3. The quantitative estimate of drug-likeness (QED) is 0.725. The Hall–Kier alpha value is -2.92. The van der Waals surface area contributed by atoms with Crippen molar-refractivity contribution in [1.82, 2.24) is 9.47 Å². The lowest BCUT2D eigenvalue weighted by Crippen LogP contribution is -2.40. The number of pyridine rings is 1. The van der Waals surface area contributed by atoms with Gasteiger partial charge in [0, 0.05) is 42.5 Å². The molecule has 5 nitrogen and oxygen atoms in total. The third-order valence-electron chi connectivity index (χ3n) is 5.17. The Labute approximate surface area is 171 Å². The van der Waals surface area contributed by atoms with E-state index >= 15 is 0 Å². The van der Waals surface area contributed by atoms with Gasteiger partial charge in [-0.3, -0.25) is 9.59 Å². The molecule has 0 unspecified atom stereocenters. The molecule has 1 fully saturated rings. The number of ether oxygens (including phenoxy) is 1. The zero-order valence-electron chi connectivity index (χ0n) is 17.4. The van der Waals surface area contributed by atoms with E-state index in [0.717, 1.165) is 22.3 Å². The molecule has 0 N–H and O–H groups in total. The number of hydrogen-bond acceptors (Lipinski definition) is 3. The Balaban J connectivity index is 1.99. The van der Waals surface area contributed by atoms with Crippen LogP contribution in [0.5, 0.6) is 0 Å². The van der Waals surface area contributed by atoms with E-state index in [0.29, 0.717) is 38.4 Å². The lowest BCUT2D eigenvalue weighted by atomic mass is 9.97. The zero-order valence-corrected chi connectivity index (χ0v) is 17.4. The van der Waals surface area contributed by atoms with Crippen LogP contribution in [-0.2, 0) is 11.3 Å². The van der Waals surface area contributed by atoms with E-state index in [2.05, 4.69) is 0 Å². The van der Waals surface area contributed by atoms with Crippen LogP contribution in [0, 0.1) is 6.92 Å². The fourth-order valence-corrected chi connectivity index (χ4v) is 3.52. The summed E-state index contributed by atoms with van der Waals surface area (Å²) in [5, 5.41) is 0. The van der Waals surface area contributed by atoms with E-state index in [1.165, 1.54) is 0 Å². The summed E-state index contributed by atoms with van der Waals surface area (Å²) in [5.41, 5.74) is 4.28. The van der Waals surface area contributed by atoms with E-state index in [9.17, 15) is 9.59 Å². The molecule has 0 bridgehead atoms. The van der Waals surface area contributed by atoms with Crippen molar-refractivity contribution in [3.05, 3.63) is 75.7 Å². The second kappa shape index (κ2) is 9.52. The highest BCUT2D eigenvalue weighted by Crippen LogP contribution is 2.26. The Bertz CT molecular complexity index is 978. The van der Waals surface area contributed by atoms with Crippen molar-refractivity contribution in [3.63, 3.8) is 0 Å². The molecule has 1 amide bonds. The second-order valence-corrected chi connectivity index (χ2v) is 7.09. The van der Waals surface area contributed by atoms with Gasteiger partial charge in [0.15, 0.2) is 0 Å². The van der Waals surface area contributed by atoms with Crippen LogP contribution >= 0.6 is 0 Å². The van der Waals surface area contributed by atoms with Gasteiger partial charge in [0.2, 0.25) is 0 Å². The molecule has 152 valence electrons. The Morgan fingerprint density at radius 2 is 1.79 bits per heavy atom. The topological polar surface area (TPSA) is 51.5 Å². The fourth-order valence-electron chi connectivity index (χ4n) is 3.52. The molecule has 0 saturated carbocycles. The molecule has 1 aliphatic heterocycles. The Kier molecular flexibility index (Phi) is 6.83. The van der Waals surface area contributed by atoms with E-state index in [1.54, 1.807) is 4.57 Å². The molecular weight excluding hydrogens is 364 g/mol. The van der Waals surface area contributed by atoms with Crippen LogP contribution in [0.2, 0.25) is 0 Å². The lowest BCUT2D eigenvalue weighted by Gasteiger charge is -2.26. The minimum atomic E-state index is 0.0130. The molecule has 1 aliphatic rings. The second-order valence-electron chi connectivity index (χ2n) is 7.09. The molecule has 2 heterocycles. The van der Waals surface area contributed by atoms with Crippen LogP contribution in [0.1, 0.15) is 35.3 Å². The van der Waals surface area contributed by atoms with Crippen molar-refractivity contribution in [2.45, 2.75) is 27.3 Å². The largest absolute Gasteiger partial charge is 0.378 e. The number of aromatic nitrogens is 1. The van der Waals surface area contributed by atoms with Gasteiger partial charge in [0.1, 0.15) is 0 Å². The molecule has 5 heteroatoms. The van der Waals surface area contributed by atoms with Gasteiger partial charge in [-0.25, -0.2) is 0 Å². The van der Waals surface area contributed by atoms with Gasteiger partial charge in [0.05, 0.1) is 13.2 Å². The first-order chi connectivity index (χ1) is 14.1.